The number of carbonyl (C=O) groups excluding carboxylic acids is 1. The summed E-state index contributed by atoms with van der Waals surface area (Å²) in [5, 5.41) is 3.02. The van der Waals surface area contributed by atoms with Crippen LogP contribution < -0.4 is 15.6 Å². The molecule has 204 valence electrons. The van der Waals surface area contributed by atoms with Crippen LogP contribution in [0.3, 0.4) is 0 Å². The van der Waals surface area contributed by atoms with Gasteiger partial charge in [0.25, 0.3) is 5.56 Å². The van der Waals surface area contributed by atoms with Gasteiger partial charge in [-0.15, -0.1) is 0 Å². The Balaban J connectivity index is 1.85. The molecular weight excluding hydrogens is 502 g/mol. The van der Waals surface area contributed by atoms with Crippen LogP contribution in [0.4, 0.5) is 19.3 Å². The summed E-state index contributed by atoms with van der Waals surface area (Å²) in [6.07, 6.45) is 1.92. The molecule has 0 aliphatic rings. The standard InChI is InChI=1S/C30H32F2N4O3/c1-4-7-18-35(30(38)34-26-17-12-20(31)19-24(26)32)27(5-2)28-33-25-11-9-8-10-23(25)29(37)36(28)21-13-15-22(16-14-21)39-6-3/h8-17,19,27H,4-7,18H2,1-3H3,(H,34,38). The highest BCUT2D eigenvalue weighted by Gasteiger charge is 2.29. The molecule has 1 N–H and O–H groups in total. The zero-order valence-electron chi connectivity index (χ0n) is 22.3. The Kier molecular flexibility index (Phi) is 8.91. The number of amides is 2. The van der Waals surface area contributed by atoms with Gasteiger partial charge in [0.1, 0.15) is 23.2 Å². The number of para-hydroxylation sites is 1. The number of carbonyl (C=O) groups is 1. The van der Waals surface area contributed by atoms with E-state index in [9.17, 15) is 18.4 Å². The number of fused-ring (bicyclic) bond motifs is 1. The van der Waals surface area contributed by atoms with Crippen molar-refractivity contribution in [2.45, 2.75) is 46.1 Å². The lowest BCUT2D eigenvalue weighted by molar-refractivity contribution is 0.180. The minimum Gasteiger partial charge on any atom is -0.494 e. The predicted octanol–water partition coefficient (Wildman–Crippen LogP) is 6.85. The quantitative estimate of drug-likeness (QED) is 0.241. The molecule has 39 heavy (non-hydrogen) atoms. The van der Waals surface area contributed by atoms with E-state index in [0.717, 1.165) is 18.6 Å². The second-order valence-electron chi connectivity index (χ2n) is 9.08. The molecule has 0 aliphatic carbocycles. The molecule has 2 amide bonds. The maximum absolute atomic E-state index is 14.4. The highest BCUT2D eigenvalue weighted by atomic mass is 19.1. The summed E-state index contributed by atoms with van der Waals surface area (Å²) in [6.45, 7) is 6.65. The first-order valence-electron chi connectivity index (χ1n) is 13.2. The van der Waals surface area contributed by atoms with Gasteiger partial charge in [-0.3, -0.25) is 9.36 Å². The molecule has 7 nitrogen and oxygen atoms in total. The number of urea groups is 1. The largest absolute Gasteiger partial charge is 0.494 e. The first-order valence-corrected chi connectivity index (χ1v) is 13.2. The molecule has 0 spiro atoms. The summed E-state index contributed by atoms with van der Waals surface area (Å²) in [5.74, 6) is -0.556. The second kappa shape index (κ2) is 12.5. The summed E-state index contributed by atoms with van der Waals surface area (Å²) in [6, 6.07) is 16.0. The number of hydrogen-bond donors (Lipinski definition) is 1. The molecule has 1 unspecified atom stereocenters. The van der Waals surface area contributed by atoms with E-state index in [-0.39, 0.29) is 11.2 Å². The Labute approximate surface area is 226 Å². The van der Waals surface area contributed by atoms with Crippen LogP contribution in [0, 0.1) is 11.6 Å². The molecule has 3 aromatic carbocycles. The Bertz CT molecular complexity index is 1500. The summed E-state index contributed by atoms with van der Waals surface area (Å²) in [4.78, 5) is 33.8. The summed E-state index contributed by atoms with van der Waals surface area (Å²) < 4.78 is 34.9. The van der Waals surface area contributed by atoms with Gasteiger partial charge >= 0.3 is 6.03 Å². The average molecular weight is 535 g/mol. The minimum absolute atomic E-state index is 0.131. The van der Waals surface area contributed by atoms with Crippen LogP contribution in [0.15, 0.2) is 71.5 Å². The molecule has 1 heterocycles. The fraction of sp³-hybridized carbons (Fsp3) is 0.300. The lowest BCUT2D eigenvalue weighted by Crippen LogP contribution is -2.41. The van der Waals surface area contributed by atoms with Crippen LogP contribution in [-0.2, 0) is 0 Å². The van der Waals surface area contributed by atoms with E-state index in [1.807, 2.05) is 20.8 Å². The molecule has 0 bridgehead atoms. The highest BCUT2D eigenvalue weighted by molar-refractivity contribution is 5.89. The van der Waals surface area contributed by atoms with Crippen molar-refractivity contribution in [3.05, 3.63) is 94.5 Å². The molecule has 4 rings (SSSR count). The minimum atomic E-state index is -0.873. The van der Waals surface area contributed by atoms with E-state index in [4.69, 9.17) is 9.72 Å². The van der Waals surface area contributed by atoms with Gasteiger partial charge in [0, 0.05) is 12.6 Å². The molecular formula is C30H32F2N4O3. The van der Waals surface area contributed by atoms with E-state index in [2.05, 4.69) is 5.32 Å². The Morgan fingerprint density at radius 2 is 1.79 bits per heavy atom. The average Bonchev–Trinajstić information content (AvgIpc) is 2.93. The summed E-state index contributed by atoms with van der Waals surface area (Å²) >= 11 is 0. The zero-order valence-corrected chi connectivity index (χ0v) is 22.3. The molecule has 0 aliphatic heterocycles. The number of rotatable bonds is 10. The summed E-state index contributed by atoms with van der Waals surface area (Å²) in [7, 11) is 0. The van der Waals surface area contributed by atoms with Crippen LogP contribution in [0.25, 0.3) is 16.6 Å². The number of ether oxygens (including phenoxy) is 1. The third-order valence-corrected chi connectivity index (χ3v) is 6.45. The number of nitrogens with zero attached hydrogens (tertiary/aromatic N) is 3. The van der Waals surface area contributed by atoms with Gasteiger partial charge in [-0.05, 0) is 68.3 Å². The van der Waals surface area contributed by atoms with Gasteiger partial charge in [-0.1, -0.05) is 32.4 Å². The number of benzene rings is 3. The van der Waals surface area contributed by atoms with E-state index < -0.39 is 23.7 Å². The Hall–Kier alpha value is -4.27. The number of halogens is 2. The molecule has 0 radical (unpaired) electrons. The van der Waals surface area contributed by atoms with Crippen LogP contribution in [0.5, 0.6) is 5.75 Å². The number of unbranched alkanes of at least 4 members (excludes halogenated alkanes) is 1. The summed E-state index contributed by atoms with van der Waals surface area (Å²) in [5.41, 5.74) is 0.695. The first kappa shape index (κ1) is 27.8. The van der Waals surface area contributed by atoms with Crippen molar-refractivity contribution in [1.29, 1.82) is 0 Å². The fourth-order valence-electron chi connectivity index (χ4n) is 4.53. The van der Waals surface area contributed by atoms with Gasteiger partial charge in [0.05, 0.1) is 34.9 Å². The van der Waals surface area contributed by atoms with Crippen LogP contribution in [0.1, 0.15) is 51.9 Å². The third-order valence-electron chi connectivity index (χ3n) is 6.45. The normalized spacial score (nSPS) is 11.8. The Morgan fingerprint density at radius 1 is 1.05 bits per heavy atom. The van der Waals surface area contributed by atoms with Crippen molar-refractivity contribution in [2.75, 3.05) is 18.5 Å². The maximum atomic E-state index is 14.4. The highest BCUT2D eigenvalue weighted by Crippen LogP contribution is 2.28. The van der Waals surface area contributed by atoms with E-state index in [1.165, 1.54) is 10.6 Å². The number of aromatic nitrogens is 2. The van der Waals surface area contributed by atoms with E-state index >= 15 is 0 Å². The molecule has 4 aromatic rings. The lowest BCUT2D eigenvalue weighted by atomic mass is 10.1. The van der Waals surface area contributed by atoms with Crippen molar-refractivity contribution in [2.24, 2.45) is 0 Å². The van der Waals surface area contributed by atoms with Gasteiger partial charge in [-0.25, -0.2) is 18.6 Å². The molecule has 0 fully saturated rings. The first-order chi connectivity index (χ1) is 18.9. The maximum Gasteiger partial charge on any atom is 0.322 e. The van der Waals surface area contributed by atoms with Crippen molar-refractivity contribution >= 4 is 22.6 Å². The van der Waals surface area contributed by atoms with Crippen LogP contribution in [0.2, 0.25) is 0 Å². The Morgan fingerprint density at radius 3 is 2.46 bits per heavy atom. The van der Waals surface area contributed by atoms with Crippen molar-refractivity contribution in [3.63, 3.8) is 0 Å². The molecule has 1 aromatic heterocycles. The monoisotopic (exact) mass is 534 g/mol. The molecule has 0 saturated heterocycles. The predicted molar refractivity (Wildman–Crippen MR) is 149 cm³/mol. The molecule has 0 saturated carbocycles. The third kappa shape index (κ3) is 6.08. The topological polar surface area (TPSA) is 76.5 Å². The zero-order chi connectivity index (χ0) is 27.9. The number of anilines is 1. The van der Waals surface area contributed by atoms with Crippen molar-refractivity contribution in [3.8, 4) is 11.4 Å². The van der Waals surface area contributed by atoms with Crippen molar-refractivity contribution in [1.82, 2.24) is 14.5 Å². The van der Waals surface area contributed by atoms with Gasteiger partial charge < -0.3 is 15.0 Å². The second-order valence-corrected chi connectivity index (χ2v) is 9.08. The number of nitrogens with one attached hydrogen (secondary N) is 1. The number of hydrogen-bond acceptors (Lipinski definition) is 4. The molecule has 1 atom stereocenters. The van der Waals surface area contributed by atoms with E-state index in [0.29, 0.717) is 54.2 Å². The van der Waals surface area contributed by atoms with E-state index in [1.54, 1.807) is 53.4 Å². The molecule has 9 heteroatoms. The van der Waals surface area contributed by atoms with Crippen LogP contribution in [-0.4, -0.2) is 33.6 Å². The fourth-order valence-corrected chi connectivity index (χ4v) is 4.53. The SMILES string of the molecule is CCCCN(C(=O)Nc1ccc(F)cc1F)C(CC)c1nc2ccccc2c(=O)n1-c1ccc(OCC)cc1. The van der Waals surface area contributed by atoms with Gasteiger partial charge in [0.2, 0.25) is 0 Å². The van der Waals surface area contributed by atoms with Crippen molar-refractivity contribution < 1.29 is 18.3 Å². The van der Waals surface area contributed by atoms with Gasteiger partial charge in [0.15, 0.2) is 0 Å². The smallest absolute Gasteiger partial charge is 0.322 e. The van der Waals surface area contributed by atoms with Crippen LogP contribution >= 0.6 is 0 Å². The lowest BCUT2D eigenvalue weighted by Gasteiger charge is -2.32. The van der Waals surface area contributed by atoms with Gasteiger partial charge in [-0.2, -0.15) is 0 Å².